The van der Waals surface area contributed by atoms with Gasteiger partial charge >= 0.3 is 29.6 Å². The molecule has 0 amide bonds. The summed E-state index contributed by atoms with van der Waals surface area (Å²) in [6.45, 7) is 0. The Morgan fingerprint density at radius 1 is 1.50 bits per heavy atom. The first-order chi connectivity index (χ1) is 6.24. The second kappa shape index (κ2) is 7.14. The minimum atomic E-state index is -1.24. The van der Waals surface area contributed by atoms with Crippen LogP contribution in [0.15, 0.2) is 24.3 Å². The van der Waals surface area contributed by atoms with Gasteiger partial charge in [-0.05, 0) is 12.1 Å². The molecule has 0 aliphatic carbocycles. The van der Waals surface area contributed by atoms with Crippen LogP contribution in [0.2, 0.25) is 0 Å². The standard InChI is InChI=1S/C8H8O4S.Na/c1-13-12-11-7-4-2-3-6(5-7)8(9)10;/h2-5H,1H3,(H,9,10);/q;+1/p-1. The van der Waals surface area contributed by atoms with Gasteiger partial charge in [0.25, 0.3) is 0 Å². The van der Waals surface area contributed by atoms with Crippen LogP contribution in [-0.4, -0.2) is 12.2 Å². The van der Waals surface area contributed by atoms with Gasteiger partial charge in [-0.15, -0.1) is 4.33 Å². The maximum atomic E-state index is 10.4. The smallest absolute Gasteiger partial charge is 0.545 e. The first-order valence-electron chi connectivity index (χ1n) is 3.43. The monoisotopic (exact) mass is 222 g/mol. The SMILES string of the molecule is CSOOc1cccc(C(=O)[O-])c1.[Na+]. The molecule has 70 valence electrons. The van der Waals surface area contributed by atoms with E-state index in [-0.39, 0.29) is 35.1 Å². The second-order valence-electron chi connectivity index (χ2n) is 2.13. The molecule has 1 aromatic rings. The van der Waals surface area contributed by atoms with Crippen molar-refractivity contribution in [3.05, 3.63) is 29.8 Å². The van der Waals surface area contributed by atoms with E-state index in [1.165, 1.54) is 12.1 Å². The van der Waals surface area contributed by atoms with Crippen LogP contribution in [0.5, 0.6) is 5.75 Å². The predicted octanol–water partition coefficient (Wildman–Crippen LogP) is -2.36. The van der Waals surface area contributed by atoms with Gasteiger partial charge in [0.1, 0.15) is 0 Å². The molecule has 0 spiro atoms. The quantitative estimate of drug-likeness (QED) is 0.247. The van der Waals surface area contributed by atoms with Crippen LogP contribution >= 0.6 is 12.0 Å². The minimum Gasteiger partial charge on any atom is -0.545 e. The first kappa shape index (κ1) is 13.8. The van der Waals surface area contributed by atoms with E-state index in [2.05, 4.69) is 4.33 Å². The number of hydrogen-bond acceptors (Lipinski definition) is 5. The van der Waals surface area contributed by atoms with Gasteiger partial charge in [-0.1, -0.05) is 12.1 Å². The molecule has 0 saturated heterocycles. The predicted molar refractivity (Wildman–Crippen MR) is 46.0 cm³/mol. The average Bonchev–Trinajstić information content (AvgIpc) is 2.15. The van der Waals surface area contributed by atoms with Crippen LogP contribution in [0, 0.1) is 0 Å². The van der Waals surface area contributed by atoms with Crippen molar-refractivity contribution in [2.75, 3.05) is 6.26 Å². The maximum Gasteiger partial charge on any atom is 1.00 e. The zero-order valence-electron chi connectivity index (χ0n) is 7.85. The van der Waals surface area contributed by atoms with E-state index in [1.54, 1.807) is 18.4 Å². The molecule has 0 bridgehead atoms. The fourth-order valence-corrected chi connectivity index (χ4v) is 0.895. The van der Waals surface area contributed by atoms with Crippen molar-refractivity contribution >= 4 is 18.0 Å². The van der Waals surface area contributed by atoms with Crippen molar-refractivity contribution in [3.63, 3.8) is 0 Å². The van der Waals surface area contributed by atoms with Crippen LogP contribution in [0.4, 0.5) is 0 Å². The summed E-state index contributed by atoms with van der Waals surface area (Å²) in [5.41, 5.74) is 0.0576. The van der Waals surface area contributed by atoms with E-state index in [0.29, 0.717) is 5.75 Å². The van der Waals surface area contributed by atoms with Gasteiger partial charge in [-0.25, -0.2) is 0 Å². The zero-order valence-corrected chi connectivity index (χ0v) is 10.7. The number of carboxylic acids is 1. The molecule has 0 heterocycles. The number of hydrogen-bond donors (Lipinski definition) is 0. The van der Waals surface area contributed by atoms with Gasteiger partial charge in [-0.3, -0.25) is 0 Å². The Hall–Kier alpha value is -0.200. The van der Waals surface area contributed by atoms with E-state index in [0.717, 1.165) is 12.0 Å². The van der Waals surface area contributed by atoms with Crippen LogP contribution in [0.25, 0.3) is 0 Å². The Morgan fingerprint density at radius 3 is 2.79 bits per heavy atom. The third-order valence-corrected chi connectivity index (χ3v) is 1.47. The van der Waals surface area contributed by atoms with E-state index in [4.69, 9.17) is 4.89 Å². The van der Waals surface area contributed by atoms with Crippen molar-refractivity contribution in [1.82, 2.24) is 0 Å². The molecule has 1 rings (SSSR count). The molecular weight excluding hydrogens is 215 g/mol. The van der Waals surface area contributed by atoms with Gasteiger partial charge in [0.05, 0.1) is 5.97 Å². The van der Waals surface area contributed by atoms with Gasteiger partial charge < -0.3 is 14.8 Å². The van der Waals surface area contributed by atoms with Crippen molar-refractivity contribution in [2.24, 2.45) is 0 Å². The minimum absolute atomic E-state index is 0. The molecule has 6 heteroatoms. The number of aromatic carboxylic acids is 1. The molecule has 0 fully saturated rings. The third kappa shape index (κ3) is 4.34. The first-order valence-corrected chi connectivity index (χ1v) is 4.58. The molecule has 14 heavy (non-hydrogen) atoms. The third-order valence-electron chi connectivity index (χ3n) is 1.27. The fourth-order valence-electron chi connectivity index (χ4n) is 0.748. The Bertz CT molecular complexity index is 305. The Labute approximate surface area is 108 Å². The van der Waals surface area contributed by atoms with E-state index >= 15 is 0 Å². The topological polar surface area (TPSA) is 58.6 Å². The summed E-state index contributed by atoms with van der Waals surface area (Å²) in [7, 11) is 0. The summed E-state index contributed by atoms with van der Waals surface area (Å²) in [5, 5.41) is 10.4. The normalized spacial score (nSPS) is 8.93. The number of rotatable bonds is 4. The molecule has 0 aliphatic rings. The van der Waals surface area contributed by atoms with Gasteiger partial charge in [0.2, 0.25) is 0 Å². The Kier molecular flexibility index (Phi) is 7.04. The van der Waals surface area contributed by atoms with E-state index < -0.39 is 5.97 Å². The van der Waals surface area contributed by atoms with Crippen LogP contribution < -0.4 is 39.6 Å². The second-order valence-corrected chi connectivity index (χ2v) is 2.60. The van der Waals surface area contributed by atoms with Crippen molar-refractivity contribution < 1.29 is 48.7 Å². The summed E-state index contributed by atoms with van der Waals surface area (Å²) < 4.78 is 4.56. The molecule has 4 nitrogen and oxygen atoms in total. The summed E-state index contributed by atoms with van der Waals surface area (Å²) in [6, 6.07) is 5.87. The molecule has 0 N–H and O–H groups in total. The van der Waals surface area contributed by atoms with Gasteiger partial charge in [0, 0.05) is 23.9 Å². The van der Waals surface area contributed by atoms with Gasteiger partial charge in [0.15, 0.2) is 5.75 Å². The van der Waals surface area contributed by atoms with Crippen LogP contribution in [0.3, 0.4) is 0 Å². The molecule has 0 atom stereocenters. The molecule has 0 unspecified atom stereocenters. The average molecular weight is 222 g/mol. The van der Waals surface area contributed by atoms with Crippen LogP contribution in [-0.2, 0) is 4.33 Å². The summed E-state index contributed by atoms with van der Waals surface area (Å²) in [5.74, 6) is -0.911. The molecule has 0 aromatic heterocycles. The largest absolute Gasteiger partial charge is 1.00 e. The van der Waals surface area contributed by atoms with E-state index in [9.17, 15) is 9.90 Å². The van der Waals surface area contributed by atoms with Gasteiger partial charge in [-0.2, -0.15) is 0 Å². The number of carboxylic acid groups (broad SMARTS) is 1. The number of carbonyl (C=O) groups excluding carboxylic acids is 1. The van der Waals surface area contributed by atoms with Crippen molar-refractivity contribution in [3.8, 4) is 5.75 Å². The fraction of sp³-hybridized carbons (Fsp3) is 0.125. The van der Waals surface area contributed by atoms with E-state index in [1.807, 2.05) is 0 Å². The molecule has 0 radical (unpaired) electrons. The molecular formula is C8H7NaO4S. The Morgan fingerprint density at radius 2 is 2.21 bits per heavy atom. The van der Waals surface area contributed by atoms with Crippen LogP contribution in [0.1, 0.15) is 10.4 Å². The molecule has 0 aliphatic heterocycles. The summed E-state index contributed by atoms with van der Waals surface area (Å²) >= 11 is 1.03. The maximum absolute atomic E-state index is 10.4. The molecule has 1 aromatic carbocycles. The molecule has 0 saturated carbocycles. The number of carbonyl (C=O) groups is 1. The van der Waals surface area contributed by atoms with Crippen molar-refractivity contribution in [2.45, 2.75) is 0 Å². The number of benzene rings is 1. The summed E-state index contributed by atoms with van der Waals surface area (Å²) in [6.07, 6.45) is 1.68. The van der Waals surface area contributed by atoms with Crippen molar-refractivity contribution in [1.29, 1.82) is 0 Å². The zero-order chi connectivity index (χ0) is 9.68. The Balaban J connectivity index is 0.00000169. The summed E-state index contributed by atoms with van der Waals surface area (Å²) in [4.78, 5) is 15.1.